The standard InChI is InChI=1S/C9H17FN2/c10-12-7-6-11-9(8-12)4-2-1-3-5-9/h11H,1-8H2. The maximum absolute atomic E-state index is 13.0. The molecule has 2 nitrogen and oxygen atoms in total. The number of hydrogen-bond acceptors (Lipinski definition) is 2. The summed E-state index contributed by atoms with van der Waals surface area (Å²) in [6.45, 7) is 1.98. The Morgan fingerprint density at radius 1 is 1.17 bits per heavy atom. The zero-order valence-electron chi connectivity index (χ0n) is 7.48. The Morgan fingerprint density at radius 3 is 2.58 bits per heavy atom. The summed E-state index contributed by atoms with van der Waals surface area (Å²) in [7, 11) is 0. The van der Waals surface area contributed by atoms with E-state index in [1.165, 1.54) is 19.3 Å². The van der Waals surface area contributed by atoms with Crippen LogP contribution in [-0.4, -0.2) is 30.3 Å². The molecule has 0 aromatic rings. The molecule has 1 N–H and O–H groups in total. The summed E-state index contributed by atoms with van der Waals surface area (Å²) in [5.74, 6) is 0. The van der Waals surface area contributed by atoms with Crippen LogP contribution in [0.25, 0.3) is 0 Å². The van der Waals surface area contributed by atoms with Crippen molar-refractivity contribution < 1.29 is 4.48 Å². The summed E-state index contributed by atoms with van der Waals surface area (Å²) in [5.41, 5.74) is 0.130. The number of rotatable bonds is 0. The molecule has 0 bridgehead atoms. The van der Waals surface area contributed by atoms with Crippen molar-refractivity contribution in [1.82, 2.24) is 10.4 Å². The lowest BCUT2D eigenvalue weighted by molar-refractivity contribution is -0.0393. The number of halogens is 1. The lowest BCUT2D eigenvalue weighted by Gasteiger charge is -2.43. The molecule has 70 valence electrons. The van der Waals surface area contributed by atoms with Crippen molar-refractivity contribution in [2.75, 3.05) is 19.6 Å². The molecule has 1 saturated carbocycles. The Kier molecular flexibility index (Phi) is 2.33. The minimum absolute atomic E-state index is 0.130. The first kappa shape index (κ1) is 8.45. The molecule has 3 heteroatoms. The van der Waals surface area contributed by atoms with Crippen LogP contribution in [0.1, 0.15) is 32.1 Å². The average molecular weight is 172 g/mol. The van der Waals surface area contributed by atoms with Crippen molar-refractivity contribution in [2.45, 2.75) is 37.6 Å². The molecule has 2 aliphatic rings. The van der Waals surface area contributed by atoms with Gasteiger partial charge in [-0.25, -0.2) is 0 Å². The average Bonchev–Trinajstić information content (AvgIpc) is 2.05. The van der Waals surface area contributed by atoms with Crippen LogP contribution in [0.2, 0.25) is 0 Å². The van der Waals surface area contributed by atoms with Gasteiger partial charge in [0.15, 0.2) is 0 Å². The molecule has 1 saturated heterocycles. The van der Waals surface area contributed by atoms with E-state index in [-0.39, 0.29) is 5.54 Å². The molecule has 1 aliphatic heterocycles. The van der Waals surface area contributed by atoms with Crippen LogP contribution < -0.4 is 5.32 Å². The smallest absolute Gasteiger partial charge is 0.0473 e. The van der Waals surface area contributed by atoms with Crippen LogP contribution in [0.5, 0.6) is 0 Å². The van der Waals surface area contributed by atoms with Crippen molar-refractivity contribution in [3.63, 3.8) is 0 Å². The van der Waals surface area contributed by atoms with Gasteiger partial charge in [-0.1, -0.05) is 19.3 Å². The summed E-state index contributed by atoms with van der Waals surface area (Å²) in [4.78, 5) is 0. The van der Waals surface area contributed by atoms with Crippen molar-refractivity contribution in [3.8, 4) is 0 Å². The van der Waals surface area contributed by atoms with Crippen LogP contribution in [0.3, 0.4) is 0 Å². The minimum Gasteiger partial charge on any atom is -0.309 e. The van der Waals surface area contributed by atoms with Gasteiger partial charge >= 0.3 is 0 Å². The Morgan fingerprint density at radius 2 is 1.92 bits per heavy atom. The summed E-state index contributed by atoms with van der Waals surface area (Å²) in [6, 6.07) is 0. The van der Waals surface area contributed by atoms with E-state index in [9.17, 15) is 4.48 Å². The highest BCUT2D eigenvalue weighted by molar-refractivity contribution is 4.94. The molecule has 0 aromatic heterocycles. The Balaban J connectivity index is 1.97. The predicted molar refractivity (Wildman–Crippen MR) is 46.5 cm³/mol. The van der Waals surface area contributed by atoms with E-state index in [0.29, 0.717) is 13.1 Å². The molecule has 0 radical (unpaired) electrons. The molecule has 0 aromatic carbocycles. The van der Waals surface area contributed by atoms with Crippen molar-refractivity contribution >= 4 is 0 Å². The van der Waals surface area contributed by atoms with E-state index in [1.807, 2.05) is 0 Å². The number of nitrogens with zero attached hydrogens (tertiary/aromatic N) is 1. The van der Waals surface area contributed by atoms with Crippen LogP contribution in [0, 0.1) is 0 Å². The lowest BCUT2D eigenvalue weighted by Crippen LogP contribution is -2.59. The summed E-state index contributed by atoms with van der Waals surface area (Å²) in [6.07, 6.45) is 6.18. The third-order valence-electron chi connectivity index (χ3n) is 3.14. The first-order valence-corrected chi connectivity index (χ1v) is 4.97. The second-order valence-corrected chi connectivity index (χ2v) is 4.11. The summed E-state index contributed by atoms with van der Waals surface area (Å²) >= 11 is 0. The number of nitrogens with one attached hydrogen (secondary N) is 1. The van der Waals surface area contributed by atoms with Gasteiger partial charge in [-0.2, -0.15) is 0 Å². The molecular formula is C9H17FN2. The SMILES string of the molecule is FN1CCNC2(CCCCC2)C1. The molecule has 0 unspecified atom stereocenters. The molecule has 2 rings (SSSR count). The van der Waals surface area contributed by atoms with Crippen LogP contribution in [-0.2, 0) is 0 Å². The van der Waals surface area contributed by atoms with Gasteiger partial charge in [-0.3, -0.25) is 0 Å². The van der Waals surface area contributed by atoms with Gasteiger partial charge in [0, 0.05) is 25.2 Å². The first-order chi connectivity index (χ1) is 5.81. The van der Waals surface area contributed by atoms with Gasteiger partial charge < -0.3 is 5.32 Å². The fourth-order valence-electron chi connectivity index (χ4n) is 2.47. The molecular weight excluding hydrogens is 155 g/mol. The second kappa shape index (κ2) is 3.30. The van der Waals surface area contributed by atoms with Gasteiger partial charge in [-0.15, -0.1) is 9.60 Å². The van der Waals surface area contributed by atoms with Crippen molar-refractivity contribution in [2.24, 2.45) is 0 Å². The number of hydrogen-bond donors (Lipinski definition) is 1. The van der Waals surface area contributed by atoms with Crippen LogP contribution in [0.4, 0.5) is 4.48 Å². The highest BCUT2D eigenvalue weighted by Crippen LogP contribution is 2.30. The first-order valence-electron chi connectivity index (χ1n) is 4.97. The topological polar surface area (TPSA) is 15.3 Å². The van der Waals surface area contributed by atoms with Crippen molar-refractivity contribution in [3.05, 3.63) is 0 Å². The Hall–Kier alpha value is -0.150. The van der Waals surface area contributed by atoms with Crippen molar-refractivity contribution in [1.29, 1.82) is 0 Å². The molecule has 1 spiro atoms. The Bertz CT molecular complexity index is 149. The molecule has 1 heterocycles. The number of piperazine rings is 1. The maximum atomic E-state index is 13.0. The molecule has 12 heavy (non-hydrogen) atoms. The lowest BCUT2D eigenvalue weighted by atomic mass is 9.80. The molecule has 0 atom stereocenters. The zero-order chi connectivity index (χ0) is 8.44. The predicted octanol–water partition coefficient (Wildman–Crippen LogP) is 1.48. The summed E-state index contributed by atoms with van der Waals surface area (Å²) in [5, 5.41) is 4.46. The third kappa shape index (κ3) is 1.62. The van der Waals surface area contributed by atoms with Gasteiger partial charge in [0.2, 0.25) is 0 Å². The fourth-order valence-corrected chi connectivity index (χ4v) is 2.47. The van der Waals surface area contributed by atoms with Crippen LogP contribution >= 0.6 is 0 Å². The van der Waals surface area contributed by atoms with Gasteiger partial charge in [0.05, 0.1) is 0 Å². The normalized spacial score (nSPS) is 30.8. The minimum atomic E-state index is 0.130. The van der Waals surface area contributed by atoms with Crippen LogP contribution in [0.15, 0.2) is 0 Å². The Labute approximate surface area is 73.1 Å². The van der Waals surface area contributed by atoms with E-state index in [1.54, 1.807) is 0 Å². The molecule has 0 amide bonds. The third-order valence-corrected chi connectivity index (χ3v) is 3.14. The second-order valence-electron chi connectivity index (χ2n) is 4.11. The quantitative estimate of drug-likeness (QED) is 0.557. The van der Waals surface area contributed by atoms with E-state index in [0.717, 1.165) is 24.5 Å². The highest BCUT2D eigenvalue weighted by atomic mass is 19.2. The highest BCUT2D eigenvalue weighted by Gasteiger charge is 2.36. The maximum Gasteiger partial charge on any atom is 0.0473 e. The van der Waals surface area contributed by atoms with E-state index >= 15 is 0 Å². The van der Waals surface area contributed by atoms with Gasteiger partial charge in [-0.05, 0) is 12.8 Å². The van der Waals surface area contributed by atoms with E-state index in [2.05, 4.69) is 5.32 Å². The zero-order valence-corrected chi connectivity index (χ0v) is 7.48. The van der Waals surface area contributed by atoms with E-state index < -0.39 is 0 Å². The van der Waals surface area contributed by atoms with E-state index in [4.69, 9.17) is 0 Å². The summed E-state index contributed by atoms with van der Waals surface area (Å²) < 4.78 is 13.0. The monoisotopic (exact) mass is 172 g/mol. The van der Waals surface area contributed by atoms with Gasteiger partial charge in [0.1, 0.15) is 0 Å². The fraction of sp³-hybridized carbons (Fsp3) is 1.00. The molecule has 1 aliphatic carbocycles. The largest absolute Gasteiger partial charge is 0.309 e. The van der Waals surface area contributed by atoms with Gasteiger partial charge in [0.25, 0.3) is 0 Å². The molecule has 2 fully saturated rings.